The van der Waals surface area contributed by atoms with Gasteiger partial charge in [0, 0.05) is 21.3 Å². The van der Waals surface area contributed by atoms with Crippen LogP contribution in [0.5, 0.6) is 0 Å². The van der Waals surface area contributed by atoms with Crippen LogP contribution in [-0.4, -0.2) is 41.7 Å². The van der Waals surface area contributed by atoms with E-state index in [1.807, 2.05) is 0 Å². The summed E-state index contributed by atoms with van der Waals surface area (Å²) >= 11 is 0. The summed E-state index contributed by atoms with van der Waals surface area (Å²) in [5, 5.41) is -2.10. The normalized spacial score (nSPS) is 13.1. The summed E-state index contributed by atoms with van der Waals surface area (Å²) in [4.78, 5) is 10.7. The van der Waals surface area contributed by atoms with E-state index >= 15 is 0 Å². The maximum absolute atomic E-state index is 12.0. The first-order chi connectivity index (χ1) is 5.84. The predicted molar refractivity (Wildman–Crippen MR) is 37.8 cm³/mol. The Bertz CT molecular complexity index is 180. The Kier molecular flexibility index (Phi) is 4.04. The standard InChI is InChI=1S/C5H9F3O4Si/c1-10-13(11-2,12-3)4(9)5(6,7)8/h1-3H3. The zero-order valence-corrected chi connectivity index (χ0v) is 8.27. The average molecular weight is 218 g/mol. The second-order valence-electron chi connectivity index (χ2n) is 2.00. The molecule has 8 heteroatoms. The molecule has 78 valence electrons. The van der Waals surface area contributed by atoms with E-state index in [-0.39, 0.29) is 0 Å². The fraction of sp³-hybridized carbons (Fsp3) is 0.800. The predicted octanol–water partition coefficient (Wildman–Crippen LogP) is 0.535. The van der Waals surface area contributed by atoms with Gasteiger partial charge in [-0.2, -0.15) is 13.2 Å². The lowest BCUT2D eigenvalue weighted by molar-refractivity contribution is -0.168. The van der Waals surface area contributed by atoms with Gasteiger partial charge in [-0.3, -0.25) is 4.79 Å². The first-order valence-electron chi connectivity index (χ1n) is 3.11. The molecule has 0 N–H and O–H groups in total. The third-order valence-electron chi connectivity index (χ3n) is 1.34. The van der Waals surface area contributed by atoms with E-state index in [2.05, 4.69) is 13.3 Å². The maximum atomic E-state index is 12.0. The summed E-state index contributed by atoms with van der Waals surface area (Å²) in [6.45, 7) is 0. The number of carbonyl (C=O) groups is 1. The van der Waals surface area contributed by atoms with Crippen molar-refractivity contribution in [3.8, 4) is 0 Å². The molecular formula is C5H9F3O4Si. The Morgan fingerprint density at radius 1 is 1.08 bits per heavy atom. The number of hydrogen-bond acceptors (Lipinski definition) is 4. The third-order valence-corrected chi connectivity index (χ3v) is 3.79. The minimum atomic E-state index is -5.01. The van der Waals surface area contributed by atoms with Crippen molar-refractivity contribution in [1.29, 1.82) is 0 Å². The smallest absolute Gasteiger partial charge is 0.372 e. The molecule has 0 bridgehead atoms. The van der Waals surface area contributed by atoms with Crippen LogP contribution in [0.2, 0.25) is 0 Å². The minimum absolute atomic E-state index is 0.933. The van der Waals surface area contributed by atoms with Crippen LogP contribution in [0.3, 0.4) is 0 Å². The van der Waals surface area contributed by atoms with Crippen LogP contribution in [-0.2, 0) is 18.1 Å². The van der Waals surface area contributed by atoms with E-state index in [9.17, 15) is 18.0 Å². The Morgan fingerprint density at radius 3 is 1.46 bits per heavy atom. The van der Waals surface area contributed by atoms with E-state index in [1.165, 1.54) is 0 Å². The topological polar surface area (TPSA) is 44.8 Å². The SMILES string of the molecule is CO[Si](OC)(OC)C(=O)C(F)(F)F. The monoisotopic (exact) mass is 218 g/mol. The van der Waals surface area contributed by atoms with Gasteiger partial charge in [0.2, 0.25) is 0 Å². The van der Waals surface area contributed by atoms with Gasteiger partial charge in [-0.15, -0.1) is 0 Å². The molecule has 0 rings (SSSR count). The number of hydrogen-bond donors (Lipinski definition) is 0. The summed E-state index contributed by atoms with van der Waals surface area (Å²) in [5.41, 5.74) is 0. The first kappa shape index (κ1) is 12.6. The Hall–Kier alpha value is -0.443. The highest BCUT2D eigenvalue weighted by molar-refractivity contribution is 6.93. The van der Waals surface area contributed by atoms with Gasteiger partial charge < -0.3 is 13.3 Å². The molecule has 0 fully saturated rings. The molecule has 0 aliphatic rings. The Balaban J connectivity index is 4.85. The van der Waals surface area contributed by atoms with Gasteiger partial charge in [-0.1, -0.05) is 0 Å². The molecule has 0 unspecified atom stereocenters. The highest BCUT2D eigenvalue weighted by Gasteiger charge is 2.60. The van der Waals surface area contributed by atoms with Crippen LogP contribution in [0.25, 0.3) is 0 Å². The van der Waals surface area contributed by atoms with E-state index in [0.717, 1.165) is 21.3 Å². The summed E-state index contributed by atoms with van der Waals surface area (Å²) < 4.78 is 48.9. The Morgan fingerprint density at radius 2 is 1.38 bits per heavy atom. The number of rotatable bonds is 4. The van der Waals surface area contributed by atoms with Gasteiger partial charge in [0.25, 0.3) is 0 Å². The fourth-order valence-corrected chi connectivity index (χ4v) is 2.11. The van der Waals surface area contributed by atoms with Gasteiger partial charge >= 0.3 is 20.4 Å². The van der Waals surface area contributed by atoms with Crippen LogP contribution >= 0.6 is 0 Å². The second-order valence-corrected chi connectivity index (χ2v) is 4.79. The average Bonchev–Trinajstić information content (AvgIpc) is 2.07. The van der Waals surface area contributed by atoms with Gasteiger partial charge in [0.05, 0.1) is 0 Å². The van der Waals surface area contributed by atoms with E-state index in [1.54, 1.807) is 0 Å². The second kappa shape index (κ2) is 4.18. The molecule has 0 spiro atoms. The first-order valence-corrected chi connectivity index (χ1v) is 4.83. The highest BCUT2D eigenvalue weighted by atomic mass is 28.4. The molecule has 0 aliphatic heterocycles. The van der Waals surface area contributed by atoms with Crippen LogP contribution in [0, 0.1) is 0 Å². The molecular weight excluding hydrogens is 209 g/mol. The van der Waals surface area contributed by atoms with Crippen molar-refractivity contribution in [3.63, 3.8) is 0 Å². The van der Waals surface area contributed by atoms with Crippen molar-refractivity contribution >= 4 is 14.2 Å². The van der Waals surface area contributed by atoms with Gasteiger partial charge in [-0.05, 0) is 0 Å². The molecule has 0 saturated heterocycles. The lowest BCUT2D eigenvalue weighted by Crippen LogP contribution is -2.57. The van der Waals surface area contributed by atoms with Crippen LogP contribution in [0.1, 0.15) is 0 Å². The number of halogens is 3. The number of alkyl halides is 3. The van der Waals surface area contributed by atoms with Crippen molar-refractivity contribution in [2.75, 3.05) is 21.3 Å². The molecule has 0 aromatic carbocycles. The molecule has 0 aromatic rings. The lowest BCUT2D eigenvalue weighted by Gasteiger charge is -2.23. The van der Waals surface area contributed by atoms with Crippen molar-refractivity contribution in [2.24, 2.45) is 0 Å². The molecule has 13 heavy (non-hydrogen) atoms. The molecule has 0 aromatic heterocycles. The van der Waals surface area contributed by atoms with Crippen LogP contribution < -0.4 is 0 Å². The fourth-order valence-electron chi connectivity index (χ4n) is 0.702. The lowest BCUT2D eigenvalue weighted by atomic mass is 10.7. The molecule has 0 heterocycles. The van der Waals surface area contributed by atoms with E-state index in [0.29, 0.717) is 0 Å². The van der Waals surface area contributed by atoms with E-state index in [4.69, 9.17) is 0 Å². The molecule has 0 saturated carbocycles. The summed E-state index contributed by atoms with van der Waals surface area (Å²) in [6.07, 6.45) is -5.01. The maximum Gasteiger partial charge on any atom is 0.584 e. The third kappa shape index (κ3) is 2.50. The Labute approximate surface area is 73.9 Å². The summed E-state index contributed by atoms with van der Waals surface area (Å²) in [6, 6.07) is 0. The zero-order valence-electron chi connectivity index (χ0n) is 7.27. The van der Waals surface area contributed by atoms with Gasteiger partial charge in [0.1, 0.15) is 0 Å². The van der Waals surface area contributed by atoms with Gasteiger partial charge in [-0.25, -0.2) is 0 Å². The molecule has 0 aliphatic carbocycles. The van der Waals surface area contributed by atoms with Gasteiger partial charge in [0.15, 0.2) is 0 Å². The summed E-state index contributed by atoms with van der Waals surface area (Å²) in [5.74, 6) is 0. The minimum Gasteiger partial charge on any atom is -0.372 e. The van der Waals surface area contributed by atoms with Crippen molar-refractivity contribution in [1.82, 2.24) is 0 Å². The van der Waals surface area contributed by atoms with Crippen molar-refractivity contribution < 1.29 is 31.2 Å². The van der Waals surface area contributed by atoms with Crippen LogP contribution in [0.4, 0.5) is 13.2 Å². The van der Waals surface area contributed by atoms with Crippen molar-refractivity contribution in [3.05, 3.63) is 0 Å². The quantitative estimate of drug-likeness (QED) is 0.646. The van der Waals surface area contributed by atoms with Crippen LogP contribution in [0.15, 0.2) is 0 Å². The van der Waals surface area contributed by atoms with E-state index < -0.39 is 20.4 Å². The number of carbonyl (C=O) groups excluding carboxylic acids is 1. The molecule has 0 amide bonds. The summed E-state index contributed by atoms with van der Waals surface area (Å²) in [7, 11) is -1.42. The molecule has 0 radical (unpaired) electrons. The largest absolute Gasteiger partial charge is 0.584 e. The zero-order chi connectivity index (χ0) is 10.7. The van der Waals surface area contributed by atoms with Crippen molar-refractivity contribution in [2.45, 2.75) is 6.18 Å². The molecule has 0 atom stereocenters. The highest BCUT2D eigenvalue weighted by Crippen LogP contribution is 2.23. The molecule has 4 nitrogen and oxygen atoms in total.